The van der Waals surface area contributed by atoms with Crippen LogP contribution in [0.2, 0.25) is 0 Å². The molecule has 1 saturated heterocycles. The predicted octanol–water partition coefficient (Wildman–Crippen LogP) is 3.81. The van der Waals surface area contributed by atoms with Crippen LogP contribution in [0, 0.1) is 0 Å². The summed E-state index contributed by atoms with van der Waals surface area (Å²) in [6.45, 7) is 11.2. The first-order chi connectivity index (χ1) is 16.7. The van der Waals surface area contributed by atoms with E-state index in [0.29, 0.717) is 30.9 Å². The molecule has 2 N–H and O–H groups in total. The molecular formula is C27H37N5O3. The van der Waals surface area contributed by atoms with Crippen molar-refractivity contribution < 1.29 is 14.4 Å². The highest BCUT2D eigenvalue weighted by Crippen LogP contribution is 2.20. The third-order valence-electron chi connectivity index (χ3n) is 5.70. The summed E-state index contributed by atoms with van der Waals surface area (Å²) in [5.41, 5.74) is 2.06. The van der Waals surface area contributed by atoms with Crippen LogP contribution in [0.15, 0.2) is 54.6 Å². The molecule has 0 spiro atoms. The minimum absolute atomic E-state index is 0.00189. The Morgan fingerprint density at radius 3 is 2.11 bits per heavy atom. The van der Waals surface area contributed by atoms with Crippen molar-refractivity contribution in [1.82, 2.24) is 15.1 Å². The number of hydrogen-bond acceptors (Lipinski definition) is 4. The van der Waals surface area contributed by atoms with E-state index in [1.807, 2.05) is 75.1 Å². The molecule has 188 valence electrons. The van der Waals surface area contributed by atoms with Gasteiger partial charge in [0.2, 0.25) is 5.91 Å². The highest BCUT2D eigenvalue weighted by atomic mass is 16.2. The average Bonchev–Trinajstić information content (AvgIpc) is 2.83. The number of benzene rings is 2. The summed E-state index contributed by atoms with van der Waals surface area (Å²) < 4.78 is 0. The van der Waals surface area contributed by atoms with E-state index < -0.39 is 0 Å². The number of nitrogens with zero attached hydrogens (tertiary/aromatic N) is 3. The van der Waals surface area contributed by atoms with Crippen molar-refractivity contribution in [1.29, 1.82) is 0 Å². The third-order valence-corrected chi connectivity index (χ3v) is 5.70. The van der Waals surface area contributed by atoms with Gasteiger partial charge in [0.05, 0.1) is 0 Å². The van der Waals surface area contributed by atoms with Gasteiger partial charge in [-0.1, -0.05) is 25.1 Å². The lowest BCUT2D eigenvalue weighted by atomic mass is 10.1. The molecule has 1 fully saturated rings. The molecule has 0 atom stereocenters. The van der Waals surface area contributed by atoms with Gasteiger partial charge in [0, 0.05) is 55.2 Å². The second-order valence-electron chi connectivity index (χ2n) is 9.84. The Labute approximate surface area is 208 Å². The molecule has 0 unspecified atom stereocenters. The summed E-state index contributed by atoms with van der Waals surface area (Å²) in [6, 6.07) is 16.7. The highest BCUT2D eigenvalue weighted by Gasteiger charge is 2.24. The number of nitrogens with one attached hydrogen (secondary N) is 2. The minimum Gasteiger partial charge on any atom is -0.368 e. The van der Waals surface area contributed by atoms with Crippen LogP contribution in [0.4, 0.5) is 16.2 Å². The van der Waals surface area contributed by atoms with E-state index in [9.17, 15) is 14.4 Å². The van der Waals surface area contributed by atoms with Gasteiger partial charge < -0.3 is 25.3 Å². The number of amides is 4. The first-order valence-electron chi connectivity index (χ1n) is 12.2. The van der Waals surface area contributed by atoms with Crippen LogP contribution >= 0.6 is 0 Å². The summed E-state index contributed by atoms with van der Waals surface area (Å²) in [7, 11) is 0. The van der Waals surface area contributed by atoms with Crippen LogP contribution in [0.3, 0.4) is 0 Å². The van der Waals surface area contributed by atoms with Crippen LogP contribution in [-0.2, 0) is 4.79 Å². The molecule has 1 aliphatic rings. The van der Waals surface area contributed by atoms with Gasteiger partial charge in [-0.2, -0.15) is 0 Å². The maximum absolute atomic E-state index is 12.8. The van der Waals surface area contributed by atoms with Crippen LogP contribution in [0.1, 0.15) is 44.5 Å². The van der Waals surface area contributed by atoms with E-state index >= 15 is 0 Å². The Balaban J connectivity index is 1.52. The first kappa shape index (κ1) is 26.1. The molecule has 2 aromatic rings. The lowest BCUT2D eigenvalue weighted by Gasteiger charge is -2.37. The zero-order chi connectivity index (χ0) is 25.4. The van der Waals surface area contributed by atoms with Crippen molar-refractivity contribution in [3.8, 4) is 0 Å². The number of piperazine rings is 1. The fourth-order valence-electron chi connectivity index (χ4n) is 3.98. The summed E-state index contributed by atoms with van der Waals surface area (Å²) in [5.74, 6) is -0.373. The molecule has 0 aliphatic carbocycles. The number of anilines is 2. The number of rotatable bonds is 7. The van der Waals surface area contributed by atoms with Gasteiger partial charge in [-0.25, -0.2) is 4.79 Å². The van der Waals surface area contributed by atoms with Crippen molar-refractivity contribution in [2.45, 2.75) is 39.7 Å². The minimum atomic E-state index is -0.253. The lowest BCUT2D eigenvalue weighted by molar-refractivity contribution is -0.116. The van der Waals surface area contributed by atoms with Gasteiger partial charge in [0.1, 0.15) is 6.54 Å². The summed E-state index contributed by atoms with van der Waals surface area (Å²) in [4.78, 5) is 43.5. The molecule has 3 rings (SSSR count). The monoisotopic (exact) mass is 479 g/mol. The quantitative estimate of drug-likeness (QED) is 0.633. The van der Waals surface area contributed by atoms with Crippen LogP contribution in [0.5, 0.6) is 0 Å². The van der Waals surface area contributed by atoms with Crippen molar-refractivity contribution in [2.24, 2.45) is 0 Å². The van der Waals surface area contributed by atoms with Gasteiger partial charge in [-0.3, -0.25) is 9.59 Å². The summed E-state index contributed by atoms with van der Waals surface area (Å²) >= 11 is 0. The number of urea groups is 1. The smallest absolute Gasteiger partial charge is 0.317 e. The van der Waals surface area contributed by atoms with E-state index in [1.165, 1.54) is 0 Å². The standard InChI is InChI=1S/C27H37N5O3/c1-5-15-32(25(34)21-9-7-6-8-10-21)20-24(33)28-22-11-13-23(14-12-22)30-16-18-31(19-17-30)26(35)29-27(2,3)4/h6-14H,5,15-20H2,1-4H3,(H,28,33)(H,29,35). The molecule has 0 saturated carbocycles. The van der Waals surface area contributed by atoms with Crippen LogP contribution < -0.4 is 15.5 Å². The molecule has 0 aromatic heterocycles. The molecule has 8 nitrogen and oxygen atoms in total. The zero-order valence-electron chi connectivity index (χ0n) is 21.2. The maximum atomic E-state index is 12.8. The third kappa shape index (κ3) is 7.73. The fraction of sp³-hybridized carbons (Fsp3) is 0.444. The Morgan fingerprint density at radius 1 is 0.914 bits per heavy atom. The highest BCUT2D eigenvalue weighted by molar-refractivity contribution is 5.99. The van der Waals surface area contributed by atoms with Crippen LogP contribution in [0.25, 0.3) is 0 Å². The van der Waals surface area contributed by atoms with Gasteiger partial charge in [0.15, 0.2) is 0 Å². The molecule has 4 amide bonds. The normalized spacial score (nSPS) is 13.8. The largest absolute Gasteiger partial charge is 0.368 e. The molecule has 35 heavy (non-hydrogen) atoms. The number of carbonyl (C=O) groups is 3. The second-order valence-corrected chi connectivity index (χ2v) is 9.84. The van der Waals surface area contributed by atoms with E-state index in [4.69, 9.17) is 0 Å². The van der Waals surface area contributed by atoms with E-state index in [2.05, 4.69) is 15.5 Å². The Bertz CT molecular complexity index is 994. The molecular weight excluding hydrogens is 442 g/mol. The first-order valence-corrected chi connectivity index (χ1v) is 12.2. The molecule has 0 bridgehead atoms. The Hall–Kier alpha value is -3.55. The number of carbonyl (C=O) groups excluding carboxylic acids is 3. The zero-order valence-corrected chi connectivity index (χ0v) is 21.2. The van der Waals surface area contributed by atoms with Crippen molar-refractivity contribution in [3.63, 3.8) is 0 Å². The van der Waals surface area contributed by atoms with Crippen LogP contribution in [-0.4, -0.2) is 72.5 Å². The average molecular weight is 480 g/mol. The van der Waals surface area contributed by atoms with E-state index in [1.54, 1.807) is 17.0 Å². The lowest BCUT2D eigenvalue weighted by Crippen LogP contribution is -2.55. The summed E-state index contributed by atoms with van der Waals surface area (Å²) in [6.07, 6.45) is 0.770. The molecule has 1 heterocycles. The van der Waals surface area contributed by atoms with E-state index in [0.717, 1.165) is 25.2 Å². The van der Waals surface area contributed by atoms with Crippen molar-refractivity contribution >= 4 is 29.2 Å². The van der Waals surface area contributed by atoms with Gasteiger partial charge in [0.25, 0.3) is 5.91 Å². The summed E-state index contributed by atoms with van der Waals surface area (Å²) in [5, 5.41) is 5.91. The SMILES string of the molecule is CCCN(CC(=O)Nc1ccc(N2CCN(C(=O)NC(C)(C)C)CC2)cc1)C(=O)c1ccccc1. The second kappa shape index (κ2) is 11.7. The van der Waals surface area contributed by atoms with E-state index in [-0.39, 0.29) is 29.9 Å². The Kier molecular flexibility index (Phi) is 8.73. The molecule has 0 radical (unpaired) electrons. The van der Waals surface area contributed by atoms with Gasteiger partial charge in [-0.15, -0.1) is 0 Å². The van der Waals surface area contributed by atoms with Crippen molar-refractivity contribution in [2.75, 3.05) is 49.5 Å². The Morgan fingerprint density at radius 2 is 1.54 bits per heavy atom. The van der Waals surface area contributed by atoms with Gasteiger partial charge in [-0.05, 0) is 63.6 Å². The fourth-order valence-corrected chi connectivity index (χ4v) is 3.98. The molecule has 8 heteroatoms. The predicted molar refractivity (Wildman–Crippen MR) is 140 cm³/mol. The maximum Gasteiger partial charge on any atom is 0.317 e. The van der Waals surface area contributed by atoms with Gasteiger partial charge >= 0.3 is 6.03 Å². The van der Waals surface area contributed by atoms with Crippen molar-refractivity contribution in [3.05, 3.63) is 60.2 Å². The topological polar surface area (TPSA) is 85.0 Å². The molecule has 1 aliphatic heterocycles. The molecule has 2 aromatic carbocycles. The number of hydrogen-bond donors (Lipinski definition) is 2.